The van der Waals surface area contributed by atoms with Crippen molar-refractivity contribution >= 4 is 0 Å². The van der Waals surface area contributed by atoms with Crippen molar-refractivity contribution in [2.24, 2.45) is 0 Å². The lowest BCUT2D eigenvalue weighted by Gasteiger charge is -2.05. The summed E-state index contributed by atoms with van der Waals surface area (Å²) in [5.74, 6) is 1.22. The lowest BCUT2D eigenvalue weighted by atomic mass is 10.2. The number of para-hydroxylation sites is 1. The zero-order valence-corrected chi connectivity index (χ0v) is 11.4. The lowest BCUT2D eigenvalue weighted by Crippen LogP contribution is -1.94. The molecular formula is C15H13N3O3. The van der Waals surface area contributed by atoms with Crippen molar-refractivity contribution in [1.82, 2.24) is 15.1 Å². The van der Waals surface area contributed by atoms with Crippen LogP contribution in [-0.4, -0.2) is 26.8 Å². The van der Waals surface area contributed by atoms with Crippen LogP contribution in [0.2, 0.25) is 0 Å². The van der Waals surface area contributed by atoms with Crippen LogP contribution in [0.15, 0.2) is 47.1 Å². The van der Waals surface area contributed by atoms with Gasteiger partial charge in [0.15, 0.2) is 5.69 Å². The van der Waals surface area contributed by atoms with Crippen LogP contribution in [0.4, 0.5) is 0 Å². The van der Waals surface area contributed by atoms with E-state index in [0.717, 1.165) is 5.56 Å². The summed E-state index contributed by atoms with van der Waals surface area (Å²) in [6, 6.07) is 10.6. The van der Waals surface area contributed by atoms with E-state index in [-0.39, 0.29) is 17.3 Å². The Kier molecular flexibility index (Phi) is 3.51. The van der Waals surface area contributed by atoms with E-state index in [9.17, 15) is 5.11 Å². The van der Waals surface area contributed by atoms with Gasteiger partial charge in [-0.15, -0.1) is 0 Å². The van der Waals surface area contributed by atoms with E-state index >= 15 is 0 Å². The molecule has 0 aliphatic heterocycles. The highest BCUT2D eigenvalue weighted by molar-refractivity contribution is 5.66. The zero-order chi connectivity index (χ0) is 14.7. The number of nitrogens with zero attached hydrogens (tertiary/aromatic N) is 3. The zero-order valence-electron chi connectivity index (χ0n) is 11.4. The minimum absolute atomic E-state index is 0.00852. The first kappa shape index (κ1) is 13.1. The maximum Gasteiger partial charge on any atom is 0.280 e. The molecule has 21 heavy (non-hydrogen) atoms. The van der Waals surface area contributed by atoms with Gasteiger partial charge in [-0.3, -0.25) is 0 Å². The predicted molar refractivity (Wildman–Crippen MR) is 75.8 cm³/mol. The first-order chi connectivity index (χ1) is 10.3. The van der Waals surface area contributed by atoms with Crippen LogP contribution in [0.5, 0.6) is 11.5 Å². The third-order valence-corrected chi connectivity index (χ3v) is 2.84. The largest absolute Gasteiger partial charge is 0.505 e. The van der Waals surface area contributed by atoms with Gasteiger partial charge in [-0.2, -0.15) is 4.98 Å². The summed E-state index contributed by atoms with van der Waals surface area (Å²) in [5.41, 5.74) is 0.981. The molecule has 3 aromatic rings. The second kappa shape index (κ2) is 5.62. The van der Waals surface area contributed by atoms with E-state index in [1.165, 1.54) is 6.07 Å². The van der Waals surface area contributed by atoms with Crippen LogP contribution in [-0.2, 0) is 0 Å². The molecule has 0 saturated carbocycles. The van der Waals surface area contributed by atoms with Gasteiger partial charge in [0.1, 0.15) is 11.5 Å². The van der Waals surface area contributed by atoms with Crippen molar-refractivity contribution in [1.29, 1.82) is 0 Å². The Morgan fingerprint density at radius 1 is 1.19 bits per heavy atom. The molecular weight excluding hydrogens is 270 g/mol. The van der Waals surface area contributed by atoms with Gasteiger partial charge in [-0.05, 0) is 31.2 Å². The SMILES string of the molecule is CCOc1ccccc1-c1noc(-c2ncccc2O)n1. The summed E-state index contributed by atoms with van der Waals surface area (Å²) >= 11 is 0. The maximum atomic E-state index is 9.77. The first-order valence-corrected chi connectivity index (χ1v) is 6.50. The third kappa shape index (κ3) is 2.55. The number of hydrogen-bond acceptors (Lipinski definition) is 6. The quantitative estimate of drug-likeness (QED) is 0.792. The fourth-order valence-electron chi connectivity index (χ4n) is 1.92. The molecule has 0 bridgehead atoms. The number of aromatic nitrogens is 3. The molecule has 1 N–H and O–H groups in total. The molecule has 0 spiro atoms. The second-order valence-electron chi connectivity index (χ2n) is 4.22. The smallest absolute Gasteiger partial charge is 0.280 e. The molecule has 0 fully saturated rings. The monoisotopic (exact) mass is 283 g/mol. The van der Waals surface area contributed by atoms with Crippen molar-refractivity contribution in [3.8, 4) is 34.5 Å². The predicted octanol–water partition coefficient (Wildman–Crippen LogP) is 2.90. The molecule has 6 nitrogen and oxygen atoms in total. The molecule has 1 aromatic carbocycles. The van der Waals surface area contributed by atoms with Gasteiger partial charge in [0.25, 0.3) is 5.89 Å². The molecule has 2 aromatic heterocycles. The minimum atomic E-state index is -0.00852. The van der Waals surface area contributed by atoms with Crippen molar-refractivity contribution in [2.45, 2.75) is 6.92 Å². The van der Waals surface area contributed by atoms with Crippen LogP contribution < -0.4 is 4.74 Å². The fraction of sp³-hybridized carbons (Fsp3) is 0.133. The van der Waals surface area contributed by atoms with Gasteiger partial charge < -0.3 is 14.4 Å². The summed E-state index contributed by atoms with van der Waals surface area (Å²) in [6.45, 7) is 2.45. The van der Waals surface area contributed by atoms with Gasteiger partial charge in [-0.1, -0.05) is 17.3 Å². The Balaban J connectivity index is 2.01. The minimum Gasteiger partial charge on any atom is -0.505 e. The summed E-state index contributed by atoms with van der Waals surface area (Å²) in [4.78, 5) is 8.31. The standard InChI is InChI=1S/C15H13N3O3/c1-2-20-12-8-4-3-6-10(12)14-17-15(21-18-14)13-11(19)7-5-9-16-13/h3-9,19H,2H2,1H3. The van der Waals surface area contributed by atoms with Gasteiger partial charge in [0.2, 0.25) is 5.82 Å². The number of pyridine rings is 1. The van der Waals surface area contributed by atoms with E-state index < -0.39 is 0 Å². The molecule has 3 rings (SSSR count). The van der Waals surface area contributed by atoms with Gasteiger partial charge in [0.05, 0.1) is 12.2 Å². The molecule has 0 atom stereocenters. The topological polar surface area (TPSA) is 81.3 Å². The summed E-state index contributed by atoms with van der Waals surface area (Å²) < 4.78 is 10.7. The van der Waals surface area contributed by atoms with Gasteiger partial charge in [-0.25, -0.2) is 4.98 Å². The second-order valence-corrected chi connectivity index (χ2v) is 4.22. The van der Waals surface area contributed by atoms with E-state index in [1.807, 2.05) is 31.2 Å². The molecule has 0 amide bonds. The number of ether oxygens (including phenoxy) is 1. The maximum absolute atomic E-state index is 9.77. The van der Waals surface area contributed by atoms with Gasteiger partial charge >= 0.3 is 0 Å². The molecule has 0 unspecified atom stereocenters. The van der Waals surface area contributed by atoms with Crippen LogP contribution >= 0.6 is 0 Å². The number of rotatable bonds is 4. The lowest BCUT2D eigenvalue weighted by molar-refractivity contribution is 0.341. The Bertz CT molecular complexity index is 755. The Morgan fingerprint density at radius 2 is 2.05 bits per heavy atom. The number of aromatic hydroxyl groups is 1. The first-order valence-electron chi connectivity index (χ1n) is 6.50. The van der Waals surface area contributed by atoms with Crippen molar-refractivity contribution in [3.63, 3.8) is 0 Å². The van der Waals surface area contributed by atoms with Crippen LogP contribution in [0.3, 0.4) is 0 Å². The Labute approximate surface area is 121 Å². The van der Waals surface area contributed by atoms with E-state index in [1.54, 1.807) is 12.3 Å². The van der Waals surface area contributed by atoms with E-state index in [0.29, 0.717) is 18.2 Å². The molecule has 106 valence electrons. The number of hydrogen-bond donors (Lipinski definition) is 1. The summed E-state index contributed by atoms with van der Waals surface area (Å²) in [6.07, 6.45) is 1.55. The van der Waals surface area contributed by atoms with Crippen LogP contribution in [0.25, 0.3) is 23.0 Å². The van der Waals surface area contributed by atoms with E-state index in [2.05, 4.69) is 15.1 Å². The highest BCUT2D eigenvalue weighted by atomic mass is 16.5. The molecule has 0 aliphatic rings. The van der Waals surface area contributed by atoms with Crippen molar-refractivity contribution in [2.75, 3.05) is 6.61 Å². The molecule has 2 heterocycles. The average Bonchev–Trinajstić information content (AvgIpc) is 2.98. The summed E-state index contributed by atoms with van der Waals surface area (Å²) in [7, 11) is 0. The molecule has 0 aliphatic carbocycles. The Hall–Kier alpha value is -2.89. The average molecular weight is 283 g/mol. The normalized spacial score (nSPS) is 10.5. The van der Waals surface area contributed by atoms with Gasteiger partial charge in [0, 0.05) is 6.20 Å². The van der Waals surface area contributed by atoms with Crippen LogP contribution in [0, 0.1) is 0 Å². The van der Waals surface area contributed by atoms with Crippen molar-refractivity contribution < 1.29 is 14.4 Å². The molecule has 0 radical (unpaired) electrons. The number of benzene rings is 1. The highest BCUT2D eigenvalue weighted by Crippen LogP contribution is 2.31. The molecule has 0 saturated heterocycles. The van der Waals surface area contributed by atoms with Crippen molar-refractivity contribution in [3.05, 3.63) is 42.6 Å². The summed E-state index contributed by atoms with van der Waals surface area (Å²) in [5, 5.41) is 13.7. The fourth-order valence-corrected chi connectivity index (χ4v) is 1.92. The molecule has 6 heteroatoms. The highest BCUT2D eigenvalue weighted by Gasteiger charge is 2.17. The van der Waals surface area contributed by atoms with Crippen LogP contribution in [0.1, 0.15) is 6.92 Å². The Morgan fingerprint density at radius 3 is 2.86 bits per heavy atom. The van der Waals surface area contributed by atoms with E-state index in [4.69, 9.17) is 9.26 Å². The third-order valence-electron chi connectivity index (χ3n) is 2.84.